The van der Waals surface area contributed by atoms with Crippen LogP contribution in [0, 0.1) is 5.92 Å². The first-order chi connectivity index (χ1) is 9.01. The first-order valence-corrected chi connectivity index (χ1v) is 6.00. The molecule has 0 aromatic heterocycles. The van der Waals surface area contributed by atoms with Gasteiger partial charge in [0.1, 0.15) is 11.5 Å². The summed E-state index contributed by atoms with van der Waals surface area (Å²) in [5.41, 5.74) is 6.50. The number of rotatable bonds is 7. The van der Waals surface area contributed by atoms with Gasteiger partial charge in [0.2, 0.25) is 5.91 Å². The third-order valence-electron chi connectivity index (χ3n) is 2.88. The van der Waals surface area contributed by atoms with E-state index in [1.54, 1.807) is 19.2 Å². The molecule has 0 aliphatic carbocycles. The Kier molecular flexibility index (Phi) is 5.36. The molecule has 0 aliphatic heterocycles. The highest BCUT2D eigenvalue weighted by Crippen LogP contribution is 2.30. The number of benzene rings is 1. The summed E-state index contributed by atoms with van der Waals surface area (Å²) in [7, 11) is 3.05. The Bertz CT molecular complexity index is 471. The molecule has 0 aliphatic rings. The van der Waals surface area contributed by atoms with E-state index in [-0.39, 0.29) is 11.8 Å². The number of carbonyl (C=O) groups excluding carboxylic acids is 2. The fourth-order valence-corrected chi connectivity index (χ4v) is 2.03. The predicted octanol–water partition coefficient (Wildman–Crippen LogP) is 1.57. The lowest BCUT2D eigenvalue weighted by atomic mass is 9.96. The zero-order valence-electron chi connectivity index (χ0n) is 11.4. The normalized spacial score (nSPS) is 11.7. The Labute approximate surface area is 112 Å². The number of hydrogen-bond donors (Lipinski definition) is 1. The Hall–Kier alpha value is -2.04. The summed E-state index contributed by atoms with van der Waals surface area (Å²) in [5, 5.41) is 0. The van der Waals surface area contributed by atoms with Crippen molar-refractivity contribution in [3.05, 3.63) is 23.3 Å². The lowest BCUT2D eigenvalue weighted by Crippen LogP contribution is -2.16. The summed E-state index contributed by atoms with van der Waals surface area (Å²) in [6.07, 6.45) is 1.65. The van der Waals surface area contributed by atoms with Crippen molar-refractivity contribution in [2.45, 2.75) is 19.8 Å². The number of nitrogens with two attached hydrogens (primary N) is 1. The molecular weight excluding hydrogens is 246 g/mol. The summed E-state index contributed by atoms with van der Waals surface area (Å²) < 4.78 is 10.4. The lowest BCUT2D eigenvalue weighted by molar-refractivity contribution is -0.118. The van der Waals surface area contributed by atoms with Crippen LogP contribution in [0.4, 0.5) is 0 Å². The molecular formula is C14H19NO4. The third kappa shape index (κ3) is 3.98. The van der Waals surface area contributed by atoms with Gasteiger partial charge in [0.05, 0.1) is 19.8 Å². The fourth-order valence-electron chi connectivity index (χ4n) is 2.03. The highest BCUT2D eigenvalue weighted by Gasteiger charge is 2.14. The van der Waals surface area contributed by atoms with Crippen LogP contribution in [0.3, 0.4) is 0 Å². The van der Waals surface area contributed by atoms with E-state index >= 15 is 0 Å². The summed E-state index contributed by atoms with van der Waals surface area (Å²) in [4.78, 5) is 21.8. The van der Waals surface area contributed by atoms with Crippen molar-refractivity contribution in [2.75, 3.05) is 14.2 Å². The second-order valence-corrected chi connectivity index (χ2v) is 4.50. The van der Waals surface area contributed by atoms with Crippen LogP contribution in [0.2, 0.25) is 0 Å². The lowest BCUT2D eigenvalue weighted by Gasteiger charge is -2.15. The Morgan fingerprint density at radius 1 is 1.32 bits per heavy atom. The maximum absolute atomic E-state index is 10.9. The molecule has 1 aromatic rings. The van der Waals surface area contributed by atoms with E-state index in [9.17, 15) is 9.59 Å². The highest BCUT2D eigenvalue weighted by atomic mass is 16.5. The largest absolute Gasteiger partial charge is 0.496 e. The molecule has 5 nitrogen and oxygen atoms in total. The van der Waals surface area contributed by atoms with Crippen LogP contribution in [-0.4, -0.2) is 26.4 Å². The summed E-state index contributed by atoms with van der Waals surface area (Å²) >= 11 is 0. The van der Waals surface area contributed by atoms with Gasteiger partial charge in [-0.15, -0.1) is 0 Å². The maximum Gasteiger partial charge on any atom is 0.217 e. The molecule has 0 radical (unpaired) electrons. The Balaban J connectivity index is 3.04. The molecule has 0 bridgehead atoms. The van der Waals surface area contributed by atoms with Crippen LogP contribution in [-0.2, 0) is 11.2 Å². The molecule has 2 N–H and O–H groups in total. The molecule has 0 saturated heterocycles. The van der Waals surface area contributed by atoms with Gasteiger partial charge in [0.25, 0.3) is 0 Å². The van der Waals surface area contributed by atoms with Gasteiger partial charge in [-0.05, 0) is 30.0 Å². The van der Waals surface area contributed by atoms with Crippen LogP contribution < -0.4 is 15.2 Å². The summed E-state index contributed by atoms with van der Waals surface area (Å²) in [6.45, 7) is 1.93. The molecule has 1 atom stereocenters. The average Bonchev–Trinajstić information content (AvgIpc) is 2.37. The number of methoxy groups -OCH3 is 2. The average molecular weight is 265 g/mol. The molecule has 0 saturated carbocycles. The number of ether oxygens (including phenoxy) is 2. The first-order valence-electron chi connectivity index (χ1n) is 6.00. The van der Waals surface area contributed by atoms with E-state index in [0.29, 0.717) is 29.9 Å². The van der Waals surface area contributed by atoms with E-state index in [1.165, 1.54) is 7.11 Å². The van der Waals surface area contributed by atoms with E-state index in [0.717, 1.165) is 11.8 Å². The van der Waals surface area contributed by atoms with Crippen molar-refractivity contribution in [1.29, 1.82) is 0 Å². The van der Waals surface area contributed by atoms with Crippen LogP contribution in [0.15, 0.2) is 12.1 Å². The number of primary amides is 1. The van der Waals surface area contributed by atoms with E-state index < -0.39 is 0 Å². The van der Waals surface area contributed by atoms with Gasteiger partial charge in [-0.1, -0.05) is 6.92 Å². The Morgan fingerprint density at radius 2 is 1.95 bits per heavy atom. The topological polar surface area (TPSA) is 78.6 Å². The van der Waals surface area contributed by atoms with E-state index in [4.69, 9.17) is 15.2 Å². The standard InChI is InChI=1S/C14H19NO4/c1-9(5-14(15)17)4-10-6-13(19-3)11(8-16)7-12(10)18-2/h6-9H,4-5H2,1-3H3,(H2,15,17). The van der Waals surface area contributed by atoms with Crippen molar-refractivity contribution in [3.63, 3.8) is 0 Å². The van der Waals surface area contributed by atoms with Gasteiger partial charge in [-0.3, -0.25) is 9.59 Å². The SMILES string of the molecule is COc1cc(CC(C)CC(N)=O)c(OC)cc1C=O. The second-order valence-electron chi connectivity index (χ2n) is 4.50. The number of amides is 1. The molecule has 1 rings (SSSR count). The first kappa shape index (κ1) is 15.0. The minimum absolute atomic E-state index is 0.0955. The van der Waals surface area contributed by atoms with E-state index in [1.807, 2.05) is 6.92 Å². The van der Waals surface area contributed by atoms with Gasteiger partial charge >= 0.3 is 0 Å². The third-order valence-corrected chi connectivity index (χ3v) is 2.88. The molecule has 0 fully saturated rings. The van der Waals surface area contributed by atoms with E-state index in [2.05, 4.69) is 0 Å². The van der Waals surface area contributed by atoms with Gasteiger partial charge in [-0.25, -0.2) is 0 Å². The smallest absolute Gasteiger partial charge is 0.217 e. The molecule has 0 heterocycles. The zero-order valence-corrected chi connectivity index (χ0v) is 11.4. The number of hydrogen-bond acceptors (Lipinski definition) is 4. The molecule has 104 valence electrons. The summed E-state index contributed by atoms with van der Waals surface area (Å²) in [6, 6.07) is 3.40. The quantitative estimate of drug-likeness (QED) is 0.759. The molecule has 5 heteroatoms. The molecule has 1 amide bonds. The highest BCUT2D eigenvalue weighted by molar-refractivity contribution is 5.80. The van der Waals surface area contributed by atoms with Crippen LogP contribution in [0.5, 0.6) is 11.5 Å². The minimum Gasteiger partial charge on any atom is -0.496 e. The maximum atomic E-state index is 10.9. The fraction of sp³-hybridized carbons (Fsp3) is 0.429. The molecule has 1 unspecified atom stereocenters. The Morgan fingerprint density at radius 3 is 2.42 bits per heavy atom. The number of carbonyl (C=O) groups is 2. The predicted molar refractivity (Wildman–Crippen MR) is 71.6 cm³/mol. The zero-order chi connectivity index (χ0) is 14.4. The van der Waals surface area contributed by atoms with Crippen molar-refractivity contribution in [1.82, 2.24) is 0 Å². The van der Waals surface area contributed by atoms with Crippen molar-refractivity contribution in [2.24, 2.45) is 11.7 Å². The van der Waals surface area contributed by atoms with Crippen molar-refractivity contribution in [3.8, 4) is 11.5 Å². The minimum atomic E-state index is -0.331. The van der Waals surface area contributed by atoms with Crippen LogP contribution in [0.1, 0.15) is 29.3 Å². The van der Waals surface area contributed by atoms with Crippen molar-refractivity contribution >= 4 is 12.2 Å². The monoisotopic (exact) mass is 265 g/mol. The molecule has 0 spiro atoms. The van der Waals surface area contributed by atoms with Gasteiger partial charge in [0.15, 0.2) is 6.29 Å². The van der Waals surface area contributed by atoms with Crippen LogP contribution >= 0.6 is 0 Å². The number of aldehydes is 1. The molecule has 1 aromatic carbocycles. The second kappa shape index (κ2) is 6.78. The van der Waals surface area contributed by atoms with Crippen molar-refractivity contribution < 1.29 is 19.1 Å². The van der Waals surface area contributed by atoms with Gasteiger partial charge in [0, 0.05) is 6.42 Å². The van der Waals surface area contributed by atoms with Crippen LogP contribution in [0.25, 0.3) is 0 Å². The van der Waals surface area contributed by atoms with Gasteiger partial charge < -0.3 is 15.2 Å². The summed E-state index contributed by atoms with van der Waals surface area (Å²) in [5.74, 6) is 0.873. The van der Waals surface area contributed by atoms with Gasteiger partial charge in [-0.2, -0.15) is 0 Å². The molecule has 19 heavy (non-hydrogen) atoms.